The Labute approximate surface area is 106 Å². The van der Waals surface area contributed by atoms with Crippen molar-refractivity contribution >= 4 is 17.5 Å². The predicted octanol–water partition coefficient (Wildman–Crippen LogP) is 1.34. The van der Waals surface area contributed by atoms with Gasteiger partial charge in [-0.05, 0) is 24.1 Å². The second-order valence-electron chi connectivity index (χ2n) is 3.69. The maximum atomic E-state index is 11.1. The number of aliphatic hydroxyl groups is 1. The molecular formula is C12H16ClNO3. The summed E-state index contributed by atoms with van der Waals surface area (Å²) in [4.78, 5) is 12.6. The van der Waals surface area contributed by atoms with E-state index in [0.717, 1.165) is 5.56 Å². The third-order valence-electron chi connectivity index (χ3n) is 2.51. The molecule has 0 heterocycles. The molecule has 0 fully saturated rings. The van der Waals surface area contributed by atoms with Crippen molar-refractivity contribution in [2.45, 2.75) is 6.42 Å². The minimum absolute atomic E-state index is 0.287. The number of ether oxygens (including phenoxy) is 1. The molecule has 94 valence electrons. The lowest BCUT2D eigenvalue weighted by Crippen LogP contribution is -2.31. The number of aliphatic hydroxyl groups excluding tert-OH is 1. The van der Waals surface area contributed by atoms with E-state index < -0.39 is 6.61 Å². The van der Waals surface area contributed by atoms with Crippen LogP contribution in [0, 0.1) is 0 Å². The maximum Gasteiger partial charge on any atom is 0.248 e. The minimum Gasteiger partial charge on any atom is -0.495 e. The van der Waals surface area contributed by atoms with Gasteiger partial charge in [-0.3, -0.25) is 4.79 Å². The van der Waals surface area contributed by atoms with E-state index in [0.29, 0.717) is 23.7 Å². The Morgan fingerprint density at radius 1 is 1.53 bits per heavy atom. The van der Waals surface area contributed by atoms with Gasteiger partial charge >= 0.3 is 0 Å². The van der Waals surface area contributed by atoms with Crippen LogP contribution in [0.2, 0.25) is 5.02 Å². The lowest BCUT2D eigenvalue weighted by atomic mass is 10.1. The molecule has 5 heteroatoms. The van der Waals surface area contributed by atoms with Crippen LogP contribution in [0.5, 0.6) is 5.75 Å². The number of carbonyl (C=O) groups excluding carboxylic acids is 1. The van der Waals surface area contributed by atoms with Crippen molar-refractivity contribution in [1.82, 2.24) is 4.90 Å². The summed E-state index contributed by atoms with van der Waals surface area (Å²) in [5.41, 5.74) is 1.02. The van der Waals surface area contributed by atoms with Gasteiger partial charge in [0, 0.05) is 13.6 Å². The summed E-state index contributed by atoms with van der Waals surface area (Å²) in [5, 5.41) is 9.24. The van der Waals surface area contributed by atoms with Gasteiger partial charge in [-0.25, -0.2) is 0 Å². The number of amides is 1. The van der Waals surface area contributed by atoms with Gasteiger partial charge in [0.25, 0.3) is 0 Å². The summed E-state index contributed by atoms with van der Waals surface area (Å²) in [6.45, 7) is 0.0852. The molecule has 0 aromatic heterocycles. The number of likely N-dealkylation sites (N-methyl/N-ethyl adjacent to an activating group) is 1. The number of methoxy groups -OCH3 is 1. The molecule has 0 saturated carbocycles. The van der Waals surface area contributed by atoms with Crippen LogP contribution in [0.1, 0.15) is 5.56 Å². The molecule has 17 heavy (non-hydrogen) atoms. The van der Waals surface area contributed by atoms with E-state index in [2.05, 4.69) is 0 Å². The largest absolute Gasteiger partial charge is 0.495 e. The fourth-order valence-corrected chi connectivity index (χ4v) is 1.69. The Morgan fingerprint density at radius 3 is 2.76 bits per heavy atom. The minimum atomic E-state index is -0.458. The number of halogens is 1. The molecule has 0 aliphatic carbocycles. The summed E-state index contributed by atoms with van der Waals surface area (Å²) >= 11 is 5.99. The van der Waals surface area contributed by atoms with Crippen molar-refractivity contribution in [2.24, 2.45) is 0 Å². The Balaban J connectivity index is 2.58. The highest BCUT2D eigenvalue weighted by molar-refractivity contribution is 6.32. The van der Waals surface area contributed by atoms with Crippen molar-refractivity contribution in [2.75, 3.05) is 27.3 Å². The standard InChI is InChI=1S/C12H16ClNO3/c1-14(12(16)8-15)6-5-9-3-4-11(17-2)10(13)7-9/h3-4,7,15H,5-6,8H2,1-2H3. The molecule has 0 saturated heterocycles. The Morgan fingerprint density at radius 2 is 2.24 bits per heavy atom. The summed E-state index contributed by atoms with van der Waals surface area (Å²) < 4.78 is 5.05. The van der Waals surface area contributed by atoms with Crippen LogP contribution in [0.4, 0.5) is 0 Å². The fraction of sp³-hybridized carbons (Fsp3) is 0.417. The highest BCUT2D eigenvalue weighted by Gasteiger charge is 2.07. The summed E-state index contributed by atoms with van der Waals surface area (Å²) in [7, 11) is 3.22. The zero-order valence-electron chi connectivity index (χ0n) is 9.94. The average Bonchev–Trinajstić information content (AvgIpc) is 2.35. The van der Waals surface area contributed by atoms with Crippen LogP contribution in [0.15, 0.2) is 18.2 Å². The highest BCUT2D eigenvalue weighted by Crippen LogP contribution is 2.25. The normalized spacial score (nSPS) is 10.1. The first-order valence-corrected chi connectivity index (χ1v) is 5.63. The Hall–Kier alpha value is -1.26. The van der Waals surface area contributed by atoms with Gasteiger partial charge in [0.1, 0.15) is 12.4 Å². The Kier molecular flexibility index (Phi) is 5.25. The van der Waals surface area contributed by atoms with Crippen LogP contribution in [-0.4, -0.2) is 43.2 Å². The predicted molar refractivity (Wildman–Crippen MR) is 66.4 cm³/mol. The van der Waals surface area contributed by atoms with Gasteiger partial charge in [-0.1, -0.05) is 17.7 Å². The van der Waals surface area contributed by atoms with Gasteiger partial charge in [0.2, 0.25) is 5.91 Å². The van der Waals surface area contributed by atoms with Crippen LogP contribution in [-0.2, 0) is 11.2 Å². The molecule has 1 aromatic rings. The van der Waals surface area contributed by atoms with Crippen molar-refractivity contribution in [3.63, 3.8) is 0 Å². The molecular weight excluding hydrogens is 242 g/mol. The van der Waals surface area contributed by atoms with Crippen LogP contribution in [0.3, 0.4) is 0 Å². The van der Waals surface area contributed by atoms with E-state index in [-0.39, 0.29) is 5.91 Å². The molecule has 0 aliphatic rings. The van der Waals surface area contributed by atoms with Gasteiger partial charge in [-0.15, -0.1) is 0 Å². The van der Waals surface area contributed by atoms with Crippen molar-refractivity contribution < 1.29 is 14.6 Å². The zero-order chi connectivity index (χ0) is 12.8. The van der Waals surface area contributed by atoms with Crippen LogP contribution >= 0.6 is 11.6 Å². The van der Waals surface area contributed by atoms with Gasteiger partial charge in [0.15, 0.2) is 0 Å². The van der Waals surface area contributed by atoms with Crippen molar-refractivity contribution in [3.05, 3.63) is 28.8 Å². The summed E-state index contributed by atoms with van der Waals surface area (Å²) in [6, 6.07) is 5.52. The van der Waals surface area contributed by atoms with E-state index in [1.807, 2.05) is 12.1 Å². The zero-order valence-corrected chi connectivity index (χ0v) is 10.7. The van der Waals surface area contributed by atoms with Crippen molar-refractivity contribution in [1.29, 1.82) is 0 Å². The van der Waals surface area contributed by atoms with Crippen LogP contribution in [0.25, 0.3) is 0 Å². The fourth-order valence-electron chi connectivity index (χ4n) is 1.41. The molecule has 4 nitrogen and oxygen atoms in total. The number of hydrogen-bond acceptors (Lipinski definition) is 3. The summed E-state index contributed by atoms with van der Waals surface area (Å²) in [6.07, 6.45) is 0.686. The smallest absolute Gasteiger partial charge is 0.248 e. The molecule has 0 spiro atoms. The van der Waals surface area contributed by atoms with E-state index in [1.165, 1.54) is 4.90 Å². The van der Waals surface area contributed by atoms with Gasteiger partial charge < -0.3 is 14.7 Å². The summed E-state index contributed by atoms with van der Waals surface area (Å²) in [5.74, 6) is 0.347. The number of carbonyl (C=O) groups is 1. The second kappa shape index (κ2) is 6.47. The molecule has 1 N–H and O–H groups in total. The number of hydrogen-bond donors (Lipinski definition) is 1. The molecule has 0 unspecified atom stereocenters. The molecule has 0 atom stereocenters. The van der Waals surface area contributed by atoms with E-state index in [1.54, 1.807) is 20.2 Å². The third kappa shape index (κ3) is 3.91. The molecule has 1 rings (SSSR count). The molecule has 1 amide bonds. The number of rotatable bonds is 5. The quantitative estimate of drug-likeness (QED) is 0.866. The van der Waals surface area contributed by atoms with Gasteiger partial charge in [0.05, 0.1) is 12.1 Å². The molecule has 1 aromatic carbocycles. The average molecular weight is 258 g/mol. The van der Waals surface area contributed by atoms with Crippen molar-refractivity contribution in [3.8, 4) is 5.75 Å². The lowest BCUT2D eigenvalue weighted by Gasteiger charge is -2.15. The molecule has 0 aliphatic heterocycles. The van der Waals surface area contributed by atoms with E-state index in [4.69, 9.17) is 21.4 Å². The van der Waals surface area contributed by atoms with Gasteiger partial charge in [-0.2, -0.15) is 0 Å². The number of nitrogens with zero attached hydrogens (tertiary/aromatic N) is 1. The highest BCUT2D eigenvalue weighted by atomic mass is 35.5. The maximum absolute atomic E-state index is 11.1. The third-order valence-corrected chi connectivity index (χ3v) is 2.81. The first-order valence-electron chi connectivity index (χ1n) is 5.25. The monoisotopic (exact) mass is 257 g/mol. The Bertz CT molecular complexity index is 395. The SMILES string of the molecule is COc1ccc(CCN(C)C(=O)CO)cc1Cl. The van der Waals surface area contributed by atoms with E-state index >= 15 is 0 Å². The topological polar surface area (TPSA) is 49.8 Å². The second-order valence-corrected chi connectivity index (χ2v) is 4.10. The first kappa shape index (κ1) is 13.8. The van der Waals surface area contributed by atoms with Crippen LogP contribution < -0.4 is 4.74 Å². The van der Waals surface area contributed by atoms with E-state index in [9.17, 15) is 4.79 Å². The number of benzene rings is 1. The molecule has 0 bridgehead atoms. The molecule has 0 radical (unpaired) electrons. The lowest BCUT2D eigenvalue weighted by molar-refractivity contribution is -0.132. The first-order chi connectivity index (χ1) is 8.08.